The molecule has 1 amide bonds. The number of hydrogen-bond donors (Lipinski definition) is 2. The van der Waals surface area contributed by atoms with Crippen LogP contribution in [0.3, 0.4) is 0 Å². The van der Waals surface area contributed by atoms with Crippen LogP contribution in [0, 0.1) is 5.92 Å². The zero-order valence-corrected chi connectivity index (χ0v) is 20.5. The molecule has 1 fully saturated rings. The van der Waals surface area contributed by atoms with Crippen molar-refractivity contribution in [1.29, 1.82) is 0 Å². The van der Waals surface area contributed by atoms with E-state index < -0.39 is 6.29 Å². The molecule has 7 nitrogen and oxygen atoms in total. The number of nitrogens with one attached hydrogen (secondary N) is 1. The lowest BCUT2D eigenvalue weighted by atomic mass is 9.90. The lowest BCUT2D eigenvalue weighted by Crippen LogP contribution is -2.39. The first-order valence-corrected chi connectivity index (χ1v) is 11.8. The van der Waals surface area contributed by atoms with Gasteiger partial charge in [0.2, 0.25) is 5.91 Å². The Bertz CT molecular complexity index is 1120. The van der Waals surface area contributed by atoms with Crippen molar-refractivity contribution >= 4 is 29.1 Å². The highest BCUT2D eigenvalue weighted by Crippen LogP contribution is 2.42. The van der Waals surface area contributed by atoms with Crippen LogP contribution in [0.25, 0.3) is 0 Å². The molecule has 2 N–H and O–H groups in total. The third kappa shape index (κ3) is 5.62. The minimum Gasteiger partial charge on any atom is -0.392 e. The van der Waals surface area contributed by atoms with Crippen LogP contribution in [0.15, 0.2) is 54.9 Å². The van der Waals surface area contributed by atoms with E-state index in [9.17, 15) is 9.90 Å². The van der Waals surface area contributed by atoms with Gasteiger partial charge in [-0.05, 0) is 16.7 Å². The van der Waals surface area contributed by atoms with Crippen LogP contribution >= 0.6 is 23.2 Å². The van der Waals surface area contributed by atoms with E-state index in [0.717, 1.165) is 22.3 Å². The SMILES string of the molecule is CC(=O)NCc1ccc([C@@H]2O[C@H](Cn3cnc(Cl)c3Cl)[C@H](C)[C@H](c3ccc(CO)cc3)O2)cc1. The topological polar surface area (TPSA) is 85.6 Å². The fourth-order valence-electron chi connectivity index (χ4n) is 4.01. The van der Waals surface area contributed by atoms with Crippen molar-refractivity contribution in [1.82, 2.24) is 14.9 Å². The second kappa shape index (κ2) is 10.9. The predicted molar refractivity (Wildman–Crippen MR) is 129 cm³/mol. The zero-order chi connectivity index (χ0) is 24.2. The molecule has 1 aliphatic rings. The van der Waals surface area contributed by atoms with Crippen LogP contribution in [-0.4, -0.2) is 26.7 Å². The van der Waals surface area contributed by atoms with Crippen molar-refractivity contribution in [3.63, 3.8) is 0 Å². The number of aromatic nitrogens is 2. The second-order valence-electron chi connectivity index (χ2n) is 8.45. The van der Waals surface area contributed by atoms with E-state index in [1.807, 2.05) is 48.5 Å². The van der Waals surface area contributed by atoms with E-state index in [0.29, 0.717) is 18.2 Å². The van der Waals surface area contributed by atoms with Gasteiger partial charge in [-0.1, -0.05) is 78.7 Å². The maximum Gasteiger partial charge on any atom is 0.217 e. The Labute approximate surface area is 208 Å². The monoisotopic (exact) mass is 503 g/mol. The molecule has 2 heterocycles. The summed E-state index contributed by atoms with van der Waals surface area (Å²) >= 11 is 12.4. The molecule has 1 aromatic heterocycles. The Morgan fingerprint density at radius 1 is 1.06 bits per heavy atom. The van der Waals surface area contributed by atoms with Crippen LogP contribution in [-0.2, 0) is 34.0 Å². The average molecular weight is 504 g/mol. The van der Waals surface area contributed by atoms with Crippen molar-refractivity contribution in [2.24, 2.45) is 5.92 Å². The number of aliphatic hydroxyl groups is 1. The molecule has 0 spiro atoms. The van der Waals surface area contributed by atoms with E-state index >= 15 is 0 Å². The molecule has 0 unspecified atom stereocenters. The summed E-state index contributed by atoms with van der Waals surface area (Å²) in [6, 6.07) is 15.5. The second-order valence-corrected chi connectivity index (χ2v) is 9.17. The molecular formula is C25H27Cl2N3O4. The predicted octanol–water partition coefficient (Wildman–Crippen LogP) is 4.81. The Kier molecular flexibility index (Phi) is 7.91. The van der Waals surface area contributed by atoms with Crippen LogP contribution in [0.5, 0.6) is 0 Å². The van der Waals surface area contributed by atoms with Gasteiger partial charge in [-0.2, -0.15) is 0 Å². The van der Waals surface area contributed by atoms with Crippen molar-refractivity contribution in [3.8, 4) is 0 Å². The molecule has 1 aliphatic heterocycles. The Balaban J connectivity index is 1.60. The normalized spacial score (nSPS) is 22.5. The molecule has 0 bridgehead atoms. The maximum atomic E-state index is 11.2. The standard InChI is InChI=1S/C25H27Cl2N3O4/c1-15-21(12-30-14-29-23(26)24(30)27)33-25(20-9-3-17(4-10-20)11-28-16(2)32)34-22(15)19-7-5-18(13-31)6-8-19/h3-10,14-15,21-22,25,31H,11-13H2,1-2H3,(H,28,32)/t15-,21+,22+,25+/m0/s1. The molecule has 180 valence electrons. The number of benzene rings is 2. The summed E-state index contributed by atoms with van der Waals surface area (Å²) in [4.78, 5) is 15.3. The highest BCUT2D eigenvalue weighted by Gasteiger charge is 2.38. The highest BCUT2D eigenvalue weighted by atomic mass is 35.5. The van der Waals surface area contributed by atoms with Gasteiger partial charge < -0.3 is 24.5 Å². The van der Waals surface area contributed by atoms with Gasteiger partial charge in [-0.3, -0.25) is 4.79 Å². The van der Waals surface area contributed by atoms with Crippen LogP contribution in [0.2, 0.25) is 10.3 Å². The molecule has 3 aromatic rings. The molecule has 1 saturated heterocycles. The van der Waals surface area contributed by atoms with Gasteiger partial charge in [-0.25, -0.2) is 4.98 Å². The first-order chi connectivity index (χ1) is 16.4. The lowest BCUT2D eigenvalue weighted by molar-refractivity contribution is -0.276. The van der Waals surface area contributed by atoms with Gasteiger partial charge in [0.1, 0.15) is 5.15 Å². The summed E-state index contributed by atoms with van der Waals surface area (Å²) in [7, 11) is 0. The van der Waals surface area contributed by atoms with Crippen molar-refractivity contribution in [2.45, 2.75) is 52.0 Å². The number of halogens is 2. The number of imidazole rings is 1. The van der Waals surface area contributed by atoms with E-state index in [2.05, 4.69) is 17.2 Å². The number of aliphatic hydroxyl groups excluding tert-OH is 1. The first-order valence-electron chi connectivity index (χ1n) is 11.1. The molecule has 2 aromatic carbocycles. The Hall–Kier alpha value is -2.42. The highest BCUT2D eigenvalue weighted by molar-refractivity contribution is 6.40. The largest absolute Gasteiger partial charge is 0.392 e. The fourth-order valence-corrected chi connectivity index (χ4v) is 4.32. The van der Waals surface area contributed by atoms with Crippen molar-refractivity contribution in [2.75, 3.05) is 0 Å². The number of hydrogen-bond acceptors (Lipinski definition) is 5. The summed E-state index contributed by atoms with van der Waals surface area (Å²) < 4.78 is 14.6. The van der Waals surface area contributed by atoms with Crippen molar-refractivity contribution < 1.29 is 19.4 Å². The summed E-state index contributed by atoms with van der Waals surface area (Å²) in [5.41, 5.74) is 3.69. The van der Waals surface area contributed by atoms with Gasteiger partial charge in [0.05, 0.1) is 31.7 Å². The van der Waals surface area contributed by atoms with Crippen molar-refractivity contribution in [3.05, 3.63) is 87.4 Å². The minimum atomic E-state index is -0.601. The number of amides is 1. The number of rotatable bonds is 7. The quantitative estimate of drug-likeness (QED) is 0.483. The molecule has 9 heteroatoms. The molecule has 0 saturated carbocycles. The van der Waals surface area contributed by atoms with Gasteiger partial charge in [0.25, 0.3) is 0 Å². The van der Waals surface area contributed by atoms with E-state index in [-0.39, 0.29) is 35.8 Å². The van der Waals surface area contributed by atoms with E-state index in [1.54, 1.807) is 10.9 Å². The number of carbonyl (C=O) groups excluding carboxylic acids is 1. The fraction of sp³-hybridized carbons (Fsp3) is 0.360. The van der Waals surface area contributed by atoms with Gasteiger partial charge in [-0.15, -0.1) is 0 Å². The summed E-state index contributed by atoms with van der Waals surface area (Å²) in [6.07, 6.45) is 0.528. The lowest BCUT2D eigenvalue weighted by Gasteiger charge is -2.41. The first kappa shape index (κ1) is 24.7. The third-order valence-electron chi connectivity index (χ3n) is 6.03. The summed E-state index contributed by atoms with van der Waals surface area (Å²) in [6.45, 7) is 4.48. The van der Waals surface area contributed by atoms with E-state index in [1.165, 1.54) is 6.92 Å². The van der Waals surface area contributed by atoms with Gasteiger partial charge in [0.15, 0.2) is 11.4 Å². The van der Waals surface area contributed by atoms with Gasteiger partial charge in [0, 0.05) is 24.9 Å². The summed E-state index contributed by atoms with van der Waals surface area (Å²) in [5, 5.41) is 12.8. The average Bonchev–Trinajstić information content (AvgIpc) is 3.16. The molecule has 4 rings (SSSR count). The minimum absolute atomic E-state index is 0.00694. The van der Waals surface area contributed by atoms with Gasteiger partial charge >= 0.3 is 0 Å². The number of ether oxygens (including phenoxy) is 2. The molecular weight excluding hydrogens is 477 g/mol. The molecule has 34 heavy (non-hydrogen) atoms. The zero-order valence-electron chi connectivity index (χ0n) is 18.9. The third-order valence-corrected chi connectivity index (χ3v) is 6.80. The smallest absolute Gasteiger partial charge is 0.217 e. The van der Waals surface area contributed by atoms with Crippen LogP contribution in [0.1, 0.15) is 48.5 Å². The van der Waals surface area contributed by atoms with Crippen LogP contribution < -0.4 is 5.32 Å². The summed E-state index contributed by atoms with van der Waals surface area (Å²) in [5.74, 6) is -0.0827. The molecule has 4 atom stereocenters. The van der Waals surface area contributed by atoms with Crippen LogP contribution in [0.4, 0.5) is 0 Å². The number of carbonyl (C=O) groups is 1. The van der Waals surface area contributed by atoms with E-state index in [4.69, 9.17) is 32.7 Å². The number of nitrogens with zero attached hydrogens (tertiary/aromatic N) is 2. The maximum absolute atomic E-state index is 11.2. The Morgan fingerprint density at radius 3 is 2.29 bits per heavy atom. The molecule has 0 aliphatic carbocycles. The molecule has 0 radical (unpaired) electrons. The Morgan fingerprint density at radius 2 is 1.71 bits per heavy atom.